The summed E-state index contributed by atoms with van der Waals surface area (Å²) < 4.78 is 18.8. The van der Waals surface area contributed by atoms with Gasteiger partial charge in [0.1, 0.15) is 17.3 Å². The SMILES string of the molecule is CCCC(CNC)c1cnc(N)c(-c2ccc(C(=O)OC)c(F)c2)n1. The van der Waals surface area contributed by atoms with Crippen molar-refractivity contribution in [3.05, 3.63) is 41.5 Å². The highest BCUT2D eigenvalue weighted by Gasteiger charge is 2.18. The van der Waals surface area contributed by atoms with Gasteiger partial charge in [0, 0.05) is 18.0 Å². The molecule has 1 unspecified atom stereocenters. The van der Waals surface area contributed by atoms with Crippen LogP contribution in [-0.2, 0) is 4.74 Å². The summed E-state index contributed by atoms with van der Waals surface area (Å²) in [5, 5.41) is 3.15. The predicted molar refractivity (Wildman–Crippen MR) is 94.8 cm³/mol. The van der Waals surface area contributed by atoms with E-state index in [1.807, 2.05) is 7.05 Å². The smallest absolute Gasteiger partial charge is 0.340 e. The summed E-state index contributed by atoms with van der Waals surface area (Å²) in [6.45, 7) is 2.87. The van der Waals surface area contributed by atoms with E-state index in [4.69, 9.17) is 5.73 Å². The van der Waals surface area contributed by atoms with Gasteiger partial charge in [-0.3, -0.25) is 0 Å². The normalized spacial score (nSPS) is 12.0. The van der Waals surface area contributed by atoms with Crippen molar-refractivity contribution < 1.29 is 13.9 Å². The number of carbonyl (C=O) groups excluding carboxylic acids is 1. The average Bonchev–Trinajstić information content (AvgIpc) is 2.61. The Balaban J connectivity index is 2.43. The molecule has 0 aliphatic heterocycles. The highest BCUT2D eigenvalue weighted by molar-refractivity contribution is 5.90. The number of benzene rings is 1. The first-order valence-electron chi connectivity index (χ1n) is 8.17. The lowest BCUT2D eigenvalue weighted by Gasteiger charge is -2.16. The Morgan fingerprint density at radius 3 is 2.80 bits per heavy atom. The Kier molecular flexibility index (Phi) is 6.41. The summed E-state index contributed by atoms with van der Waals surface area (Å²) in [5.41, 5.74) is 7.49. The maximum absolute atomic E-state index is 14.2. The molecule has 0 fully saturated rings. The highest BCUT2D eigenvalue weighted by atomic mass is 19.1. The number of nitrogen functional groups attached to an aromatic ring is 1. The number of methoxy groups -OCH3 is 1. The summed E-state index contributed by atoms with van der Waals surface area (Å²) in [5.74, 6) is -1.00. The number of esters is 1. The molecule has 6 nitrogen and oxygen atoms in total. The minimum Gasteiger partial charge on any atom is -0.465 e. The second-order valence-electron chi connectivity index (χ2n) is 5.76. The Bertz CT molecular complexity index is 746. The molecule has 0 aliphatic carbocycles. The van der Waals surface area contributed by atoms with Gasteiger partial charge in [-0.2, -0.15) is 0 Å². The topological polar surface area (TPSA) is 90.1 Å². The van der Waals surface area contributed by atoms with E-state index in [0.29, 0.717) is 11.3 Å². The fourth-order valence-corrected chi connectivity index (χ4v) is 2.71. The van der Waals surface area contributed by atoms with Crippen LogP contribution < -0.4 is 11.1 Å². The van der Waals surface area contributed by atoms with Crippen LogP contribution >= 0.6 is 0 Å². The number of aromatic nitrogens is 2. The molecule has 134 valence electrons. The summed E-state index contributed by atoms with van der Waals surface area (Å²) in [4.78, 5) is 20.3. The van der Waals surface area contributed by atoms with E-state index in [1.54, 1.807) is 12.3 Å². The van der Waals surface area contributed by atoms with Crippen molar-refractivity contribution >= 4 is 11.8 Å². The number of anilines is 1. The van der Waals surface area contributed by atoms with Crippen LogP contribution in [0.5, 0.6) is 0 Å². The lowest BCUT2D eigenvalue weighted by Crippen LogP contribution is -2.19. The van der Waals surface area contributed by atoms with Gasteiger partial charge < -0.3 is 15.8 Å². The van der Waals surface area contributed by atoms with Gasteiger partial charge >= 0.3 is 5.97 Å². The van der Waals surface area contributed by atoms with Crippen LogP contribution in [0.15, 0.2) is 24.4 Å². The molecule has 25 heavy (non-hydrogen) atoms. The van der Waals surface area contributed by atoms with Crippen molar-refractivity contribution in [2.75, 3.05) is 26.4 Å². The van der Waals surface area contributed by atoms with Gasteiger partial charge in [-0.25, -0.2) is 19.2 Å². The van der Waals surface area contributed by atoms with Gasteiger partial charge in [0.25, 0.3) is 0 Å². The molecule has 2 rings (SSSR count). The zero-order valence-electron chi connectivity index (χ0n) is 14.7. The van der Waals surface area contributed by atoms with Crippen molar-refractivity contribution in [1.82, 2.24) is 15.3 Å². The Morgan fingerprint density at radius 2 is 2.20 bits per heavy atom. The summed E-state index contributed by atoms with van der Waals surface area (Å²) >= 11 is 0. The maximum atomic E-state index is 14.2. The molecule has 1 heterocycles. The van der Waals surface area contributed by atoms with Crippen LogP contribution in [0.4, 0.5) is 10.2 Å². The molecular weight excluding hydrogens is 323 g/mol. The average molecular weight is 346 g/mol. The largest absolute Gasteiger partial charge is 0.465 e. The van der Waals surface area contributed by atoms with Gasteiger partial charge in [-0.05, 0) is 25.6 Å². The van der Waals surface area contributed by atoms with Crippen LogP contribution in [-0.4, -0.2) is 36.6 Å². The Hall–Kier alpha value is -2.54. The van der Waals surface area contributed by atoms with E-state index in [9.17, 15) is 9.18 Å². The van der Waals surface area contributed by atoms with Crippen LogP contribution in [0.25, 0.3) is 11.3 Å². The molecule has 1 atom stereocenters. The molecule has 0 aliphatic rings. The van der Waals surface area contributed by atoms with E-state index in [0.717, 1.165) is 25.1 Å². The second-order valence-corrected chi connectivity index (χ2v) is 5.76. The number of nitrogens with one attached hydrogen (secondary N) is 1. The van der Waals surface area contributed by atoms with E-state index in [1.165, 1.54) is 19.2 Å². The number of rotatable bonds is 7. The van der Waals surface area contributed by atoms with Crippen LogP contribution in [0.3, 0.4) is 0 Å². The van der Waals surface area contributed by atoms with Gasteiger partial charge in [0.05, 0.1) is 24.6 Å². The first-order valence-corrected chi connectivity index (χ1v) is 8.17. The third-order valence-electron chi connectivity index (χ3n) is 3.97. The van der Waals surface area contributed by atoms with Crippen molar-refractivity contribution in [3.63, 3.8) is 0 Å². The third kappa shape index (κ3) is 4.30. The molecule has 1 aromatic heterocycles. The minimum atomic E-state index is -0.728. The second kappa shape index (κ2) is 8.53. The van der Waals surface area contributed by atoms with Crippen LogP contribution in [0.1, 0.15) is 41.7 Å². The molecule has 0 bridgehead atoms. The fourth-order valence-electron chi connectivity index (χ4n) is 2.71. The molecule has 3 N–H and O–H groups in total. The molecule has 0 saturated heterocycles. The molecule has 0 saturated carbocycles. The molecular formula is C18H23FN4O2. The van der Waals surface area contributed by atoms with Crippen molar-refractivity contribution in [1.29, 1.82) is 0 Å². The first kappa shape index (κ1) is 18.8. The van der Waals surface area contributed by atoms with E-state index in [-0.39, 0.29) is 17.3 Å². The Morgan fingerprint density at radius 1 is 1.44 bits per heavy atom. The molecule has 0 radical (unpaired) electrons. The number of halogens is 1. The zero-order chi connectivity index (χ0) is 18.4. The maximum Gasteiger partial charge on any atom is 0.340 e. The van der Waals surface area contributed by atoms with Gasteiger partial charge in [-0.15, -0.1) is 0 Å². The highest BCUT2D eigenvalue weighted by Crippen LogP contribution is 2.27. The number of ether oxygens (including phenoxy) is 1. The van der Waals surface area contributed by atoms with Crippen LogP contribution in [0.2, 0.25) is 0 Å². The monoisotopic (exact) mass is 346 g/mol. The van der Waals surface area contributed by atoms with Crippen LogP contribution in [0, 0.1) is 5.82 Å². The molecule has 1 aromatic carbocycles. The number of hydrogen-bond donors (Lipinski definition) is 2. The van der Waals surface area contributed by atoms with Crippen molar-refractivity contribution in [2.45, 2.75) is 25.7 Å². The first-order chi connectivity index (χ1) is 12.0. The third-order valence-corrected chi connectivity index (χ3v) is 3.97. The number of carbonyl (C=O) groups is 1. The standard InChI is InChI=1S/C18H23FN4O2/c1-4-5-12(9-21-2)15-10-22-17(20)16(23-15)11-6-7-13(14(19)8-11)18(24)25-3/h6-8,10,12,21H,4-5,9H2,1-3H3,(H2,20,22). The minimum absolute atomic E-state index is 0.132. The van der Waals surface area contributed by atoms with Gasteiger partial charge in [0.2, 0.25) is 0 Å². The lowest BCUT2D eigenvalue weighted by molar-refractivity contribution is 0.0595. The lowest BCUT2D eigenvalue weighted by atomic mass is 9.99. The van der Waals surface area contributed by atoms with E-state index in [2.05, 4.69) is 26.9 Å². The van der Waals surface area contributed by atoms with Crippen molar-refractivity contribution in [3.8, 4) is 11.3 Å². The van der Waals surface area contributed by atoms with Gasteiger partial charge in [0.15, 0.2) is 0 Å². The van der Waals surface area contributed by atoms with Crippen molar-refractivity contribution in [2.24, 2.45) is 0 Å². The molecule has 0 amide bonds. The Labute approximate surface area is 146 Å². The fraction of sp³-hybridized carbons (Fsp3) is 0.389. The number of nitrogens with two attached hydrogens (primary N) is 1. The predicted octanol–water partition coefficient (Wildman–Crippen LogP) is 2.75. The molecule has 0 spiro atoms. The van der Waals surface area contributed by atoms with Gasteiger partial charge in [-0.1, -0.05) is 19.4 Å². The van der Waals surface area contributed by atoms with E-state index < -0.39 is 11.8 Å². The number of likely N-dealkylation sites (N-methyl/N-ethyl adjacent to an activating group) is 1. The number of nitrogens with zero attached hydrogens (tertiary/aromatic N) is 2. The van der Waals surface area contributed by atoms with E-state index >= 15 is 0 Å². The summed E-state index contributed by atoms with van der Waals surface area (Å²) in [7, 11) is 3.09. The number of hydrogen-bond acceptors (Lipinski definition) is 6. The molecule has 2 aromatic rings. The summed E-state index contributed by atoms with van der Waals surface area (Å²) in [6, 6.07) is 4.18. The quantitative estimate of drug-likeness (QED) is 0.749. The zero-order valence-corrected chi connectivity index (χ0v) is 14.7. The summed E-state index contributed by atoms with van der Waals surface area (Å²) in [6.07, 6.45) is 3.63. The molecule has 7 heteroatoms.